The van der Waals surface area contributed by atoms with Crippen LogP contribution in [-0.2, 0) is 0 Å². The fraction of sp³-hybridized carbons (Fsp3) is 1.00. The first-order valence-corrected chi connectivity index (χ1v) is 26.0. The van der Waals surface area contributed by atoms with Gasteiger partial charge in [-0.15, -0.1) is 0 Å². The molecule has 68 heavy (non-hydrogen) atoms. The zero-order valence-electron chi connectivity index (χ0n) is 48.7. The first kappa shape index (κ1) is 72.3. The van der Waals surface area contributed by atoms with Crippen molar-refractivity contribution in [3.05, 3.63) is 31.2 Å². The molecule has 2 radical (unpaired) electrons. The first-order chi connectivity index (χ1) is 29.2. The molecule has 0 amide bonds. The van der Waals surface area contributed by atoms with Gasteiger partial charge in [0, 0.05) is 66.5 Å². The van der Waals surface area contributed by atoms with Crippen LogP contribution in [0.3, 0.4) is 0 Å². The molecule has 0 aromatic heterocycles. The summed E-state index contributed by atoms with van der Waals surface area (Å²) in [6, 6.07) is 0. The summed E-state index contributed by atoms with van der Waals surface area (Å²) in [7, 11) is 0. The average molecular weight is 1240 g/mol. The summed E-state index contributed by atoms with van der Waals surface area (Å²) in [4.78, 5) is 0. The Bertz CT molecular complexity index is 1110. The summed E-state index contributed by atoms with van der Waals surface area (Å²) in [5.74, 6) is 0. The van der Waals surface area contributed by atoms with Gasteiger partial charge in [-0.05, 0) is 282 Å². The van der Waals surface area contributed by atoms with Gasteiger partial charge in [0.2, 0.25) is 0 Å². The quantitative estimate of drug-likeness (QED) is 0.226. The van der Waals surface area contributed by atoms with Crippen molar-refractivity contribution in [2.75, 3.05) is 0 Å². The number of piperidine rings is 6. The van der Waals surface area contributed by atoms with Crippen LogP contribution in [0.4, 0.5) is 0 Å². The van der Waals surface area contributed by atoms with Gasteiger partial charge < -0.3 is 61.6 Å². The van der Waals surface area contributed by atoms with Crippen LogP contribution in [-0.4, -0.2) is 96.8 Å². The van der Waals surface area contributed by atoms with E-state index in [9.17, 15) is 31.2 Å². The molecule has 0 bridgehead atoms. The number of hydrogen-bond acceptors (Lipinski definition) is 12. The second-order valence-electron chi connectivity index (χ2n) is 28.6. The molecule has 402 valence electrons. The molecule has 0 spiro atoms. The van der Waals surface area contributed by atoms with Crippen molar-refractivity contribution in [2.45, 2.75) is 348 Å². The van der Waals surface area contributed by atoms with Gasteiger partial charge in [-0.3, -0.25) is 0 Å². The molecule has 0 saturated carbocycles. The molecule has 6 aliphatic rings. The van der Waals surface area contributed by atoms with E-state index in [0.29, 0.717) is 0 Å². The first-order valence-electron chi connectivity index (χ1n) is 26.0. The van der Waals surface area contributed by atoms with E-state index in [4.69, 9.17) is 0 Å². The average Bonchev–Trinajstić information content (AvgIpc) is 3.13. The van der Waals surface area contributed by atoms with E-state index in [-0.39, 0.29) is 147 Å². The van der Waals surface area contributed by atoms with Crippen molar-refractivity contribution in [1.29, 1.82) is 0 Å². The van der Waals surface area contributed by atoms with E-state index in [1.54, 1.807) is 0 Å². The van der Waals surface area contributed by atoms with Crippen LogP contribution < -0.4 is 0 Å². The molecule has 0 atom stereocenters. The number of rotatable bonds is 0. The number of hydrogen-bond donors (Lipinski definition) is 0. The van der Waals surface area contributed by atoms with Gasteiger partial charge in [0.15, 0.2) is 0 Å². The molecular weight excluding hydrogens is 1130 g/mol. The molecule has 0 N–H and O–H groups in total. The van der Waals surface area contributed by atoms with Gasteiger partial charge in [-0.25, -0.2) is 0 Å². The van der Waals surface area contributed by atoms with E-state index in [0.717, 1.165) is 77.0 Å². The van der Waals surface area contributed by atoms with Gasteiger partial charge in [0.25, 0.3) is 0 Å². The number of hydroxylamine groups is 12. The predicted molar refractivity (Wildman–Crippen MR) is 283 cm³/mol. The minimum Gasteiger partial charge on any atom is -0.784 e. The van der Waals surface area contributed by atoms with E-state index < -0.39 is 0 Å². The summed E-state index contributed by atoms with van der Waals surface area (Å²) < 4.78 is 0. The molecule has 12 nitrogen and oxygen atoms in total. The molecule has 6 heterocycles. The van der Waals surface area contributed by atoms with Crippen molar-refractivity contribution in [3.8, 4) is 0 Å². The Hall–Kier alpha value is 2.20. The molecule has 6 fully saturated rings. The predicted octanol–water partition coefficient (Wildman–Crippen LogP) is 15.2. The maximum absolute atomic E-state index is 11.7. The molecule has 0 aliphatic carbocycles. The molecule has 0 unspecified atom stereocenters. The summed E-state index contributed by atoms with van der Waals surface area (Å²) >= 11 is 0. The summed E-state index contributed by atoms with van der Waals surface area (Å²) in [6.07, 6.45) is 19.4. The van der Waals surface area contributed by atoms with E-state index >= 15 is 0 Å². The fourth-order valence-electron chi connectivity index (χ4n) is 11.9. The van der Waals surface area contributed by atoms with Crippen LogP contribution in [0, 0.1) is 112 Å². The van der Waals surface area contributed by atoms with E-state index in [1.807, 2.05) is 166 Å². The largest absolute Gasteiger partial charge is 3.00 e. The Morgan fingerprint density at radius 1 is 0.176 bits per heavy atom. The van der Waals surface area contributed by atoms with Crippen molar-refractivity contribution in [1.82, 2.24) is 30.4 Å². The van der Waals surface area contributed by atoms with Crippen LogP contribution in [0.15, 0.2) is 0 Å². The number of nitrogens with zero attached hydrogens (tertiary/aromatic N) is 6. The van der Waals surface area contributed by atoms with Crippen LogP contribution in [0.25, 0.3) is 0 Å². The van der Waals surface area contributed by atoms with Gasteiger partial charge in [0.05, 0.1) is 0 Å². The van der Waals surface area contributed by atoms with Crippen LogP contribution >= 0.6 is 0 Å². The zero-order chi connectivity index (χ0) is 52.2. The third-order valence-corrected chi connectivity index (χ3v) is 16.1. The standard InChI is InChI=1S/6C9H18NO.2Sm/c6*1-8(2)6-5-7-9(3,4)10(8)11;;/h6*5-7H2,1-4H3;;/q6*-1;2*+3. The summed E-state index contributed by atoms with van der Waals surface area (Å²) in [5.41, 5.74) is -1.81. The molecular formula is C54H108N6O6Sm2. The van der Waals surface area contributed by atoms with Gasteiger partial charge in [-0.1, -0.05) is 0 Å². The normalized spacial score (nSPS) is 29.4. The van der Waals surface area contributed by atoms with Gasteiger partial charge in [-0.2, -0.15) is 0 Å². The Kier molecular flexibility index (Phi) is 28.2. The van der Waals surface area contributed by atoms with Crippen molar-refractivity contribution >= 4 is 0 Å². The van der Waals surface area contributed by atoms with Crippen molar-refractivity contribution in [3.63, 3.8) is 0 Å². The summed E-state index contributed by atoms with van der Waals surface area (Å²) in [5, 5.41) is 77.7. The second kappa shape index (κ2) is 26.5. The maximum atomic E-state index is 11.7. The smallest absolute Gasteiger partial charge is 0.784 e. The maximum Gasteiger partial charge on any atom is 3.00 e. The monoisotopic (exact) mass is 1240 g/mol. The van der Waals surface area contributed by atoms with Crippen LogP contribution in [0.5, 0.6) is 0 Å². The van der Waals surface area contributed by atoms with Crippen LogP contribution in [0.1, 0.15) is 282 Å². The molecule has 0 aromatic rings. The molecule has 6 aliphatic heterocycles. The molecule has 14 heteroatoms. The van der Waals surface area contributed by atoms with Gasteiger partial charge >= 0.3 is 80.8 Å². The Balaban J connectivity index is 0. The fourth-order valence-corrected chi connectivity index (χ4v) is 11.9. The van der Waals surface area contributed by atoms with Crippen molar-refractivity contribution < 1.29 is 80.8 Å². The third-order valence-electron chi connectivity index (χ3n) is 16.1. The molecule has 6 rings (SSSR count). The molecule has 0 aromatic carbocycles. The van der Waals surface area contributed by atoms with E-state index in [2.05, 4.69) is 0 Å². The third kappa shape index (κ3) is 20.6. The Morgan fingerprint density at radius 3 is 0.279 bits per heavy atom. The Labute approximate surface area is 485 Å². The topological polar surface area (TPSA) is 158 Å². The second-order valence-corrected chi connectivity index (χ2v) is 28.6. The Morgan fingerprint density at radius 2 is 0.235 bits per heavy atom. The SMILES string of the molecule is CC1(C)CCCC(C)(C)N1[O-].CC1(C)CCCC(C)(C)N1[O-].CC1(C)CCCC(C)(C)N1[O-].CC1(C)CCCC(C)(C)N1[O-].CC1(C)CCCC(C)(C)N1[O-].CC1(C)CCCC(C)(C)N1[O-].[Sm+3].[Sm+3]. The zero-order valence-corrected chi connectivity index (χ0v) is 53.9. The van der Waals surface area contributed by atoms with Gasteiger partial charge in [0.1, 0.15) is 0 Å². The van der Waals surface area contributed by atoms with E-state index in [1.165, 1.54) is 68.9 Å². The van der Waals surface area contributed by atoms with Crippen LogP contribution in [0.2, 0.25) is 0 Å². The molecule has 6 saturated heterocycles. The summed E-state index contributed by atoms with van der Waals surface area (Å²) in [6.45, 7) is 48.7. The minimum atomic E-state index is -0.151. The minimum absolute atomic E-state index is 0. The van der Waals surface area contributed by atoms with Crippen molar-refractivity contribution in [2.24, 2.45) is 0 Å².